The van der Waals surface area contributed by atoms with Crippen molar-refractivity contribution in [3.05, 3.63) is 60.0 Å². The van der Waals surface area contributed by atoms with E-state index >= 15 is 0 Å². The number of methoxy groups -OCH3 is 1. The number of hydrogen-bond acceptors (Lipinski definition) is 6. The number of rotatable bonds is 5. The molecule has 29 heavy (non-hydrogen) atoms. The third kappa shape index (κ3) is 4.29. The number of aryl methyl sites for hydroxylation is 1. The number of halogens is 3. The second kappa shape index (κ2) is 8.95. The van der Waals surface area contributed by atoms with E-state index in [0.717, 1.165) is 4.47 Å². The first kappa shape index (κ1) is 21.3. The fourth-order valence-electron chi connectivity index (χ4n) is 2.60. The lowest BCUT2D eigenvalue weighted by Gasteiger charge is -2.13. The maximum absolute atomic E-state index is 12.8. The Hall–Kier alpha value is -2.41. The monoisotopic (exact) mass is 538 g/mol. The van der Waals surface area contributed by atoms with Crippen molar-refractivity contribution >= 4 is 60.6 Å². The fourth-order valence-corrected chi connectivity index (χ4v) is 3.62. The molecule has 0 radical (unpaired) electrons. The van der Waals surface area contributed by atoms with E-state index in [1.54, 1.807) is 25.1 Å². The summed E-state index contributed by atoms with van der Waals surface area (Å²) in [4.78, 5) is 17.3. The molecule has 0 saturated heterocycles. The third-order valence-electron chi connectivity index (χ3n) is 3.94. The number of ether oxygens (including phenoxy) is 2. The van der Waals surface area contributed by atoms with Gasteiger partial charge in [0.2, 0.25) is 0 Å². The molecule has 0 fully saturated rings. The first-order chi connectivity index (χ1) is 13.9. The van der Waals surface area contributed by atoms with Crippen molar-refractivity contribution in [2.45, 2.75) is 6.92 Å². The van der Waals surface area contributed by atoms with Crippen LogP contribution in [0.15, 0.2) is 43.1 Å². The Bertz CT molecular complexity index is 1240. The van der Waals surface area contributed by atoms with Gasteiger partial charge in [-0.05, 0) is 47.1 Å². The molecule has 0 spiro atoms. The summed E-state index contributed by atoms with van der Waals surface area (Å²) in [6.45, 7) is 1.52. The first-order valence-electron chi connectivity index (χ1n) is 8.16. The molecule has 0 bridgehead atoms. The predicted molar refractivity (Wildman–Crippen MR) is 118 cm³/mol. The molecule has 7 nitrogen and oxygen atoms in total. The highest BCUT2D eigenvalue weighted by atomic mass is 79.9. The normalized spacial score (nSPS) is 11.0. The van der Waals surface area contributed by atoms with E-state index in [1.807, 2.05) is 12.1 Å². The van der Waals surface area contributed by atoms with Crippen LogP contribution in [0, 0.1) is 18.3 Å². The Balaban J connectivity index is 2.10. The summed E-state index contributed by atoms with van der Waals surface area (Å²) >= 11 is 13.1. The summed E-state index contributed by atoms with van der Waals surface area (Å²) in [7, 11) is 1.46. The largest absolute Gasteiger partial charge is 0.493 e. The van der Waals surface area contributed by atoms with Crippen molar-refractivity contribution in [2.24, 2.45) is 5.10 Å². The molecule has 2 aromatic carbocycles. The van der Waals surface area contributed by atoms with Gasteiger partial charge in [-0.3, -0.25) is 4.79 Å². The van der Waals surface area contributed by atoms with Crippen molar-refractivity contribution in [1.29, 1.82) is 5.26 Å². The molecule has 3 rings (SSSR count). The number of fused-ring (bicyclic) bond motifs is 1. The molecule has 0 saturated carbocycles. The minimum atomic E-state index is -0.298. The van der Waals surface area contributed by atoms with Gasteiger partial charge < -0.3 is 9.47 Å². The van der Waals surface area contributed by atoms with Gasteiger partial charge in [0, 0.05) is 14.5 Å². The van der Waals surface area contributed by atoms with Crippen LogP contribution in [-0.4, -0.2) is 29.6 Å². The highest BCUT2D eigenvalue weighted by Gasteiger charge is 2.17. The van der Waals surface area contributed by atoms with Crippen LogP contribution in [0.2, 0.25) is 5.02 Å². The summed E-state index contributed by atoms with van der Waals surface area (Å²) in [6.07, 6.45) is 1.46. The van der Waals surface area contributed by atoms with E-state index in [1.165, 1.54) is 18.0 Å². The van der Waals surface area contributed by atoms with E-state index < -0.39 is 0 Å². The fraction of sp³-hybridized carbons (Fsp3) is 0.158. The van der Waals surface area contributed by atoms with Gasteiger partial charge in [0.15, 0.2) is 18.1 Å². The molecule has 1 aromatic heterocycles. The van der Waals surface area contributed by atoms with Gasteiger partial charge in [-0.25, -0.2) is 4.98 Å². The van der Waals surface area contributed by atoms with E-state index in [2.05, 4.69) is 41.9 Å². The molecule has 0 amide bonds. The summed E-state index contributed by atoms with van der Waals surface area (Å²) in [5.74, 6) is 1.01. The van der Waals surface area contributed by atoms with Gasteiger partial charge in [-0.2, -0.15) is 15.0 Å². The maximum atomic E-state index is 12.8. The number of benzene rings is 2. The van der Waals surface area contributed by atoms with E-state index in [9.17, 15) is 4.79 Å². The molecule has 0 N–H and O–H groups in total. The first-order valence-corrected chi connectivity index (χ1v) is 10.1. The van der Waals surface area contributed by atoms with Gasteiger partial charge in [-0.15, -0.1) is 0 Å². The molecule has 10 heteroatoms. The molecule has 0 atom stereocenters. The molecular formula is C19H13Br2ClN4O3. The van der Waals surface area contributed by atoms with E-state index in [0.29, 0.717) is 32.5 Å². The minimum absolute atomic E-state index is 0.178. The van der Waals surface area contributed by atoms with Crippen molar-refractivity contribution in [2.75, 3.05) is 13.7 Å². The Labute approximate surface area is 187 Å². The zero-order valence-electron chi connectivity index (χ0n) is 15.2. The zero-order valence-corrected chi connectivity index (χ0v) is 19.2. The van der Waals surface area contributed by atoms with Crippen LogP contribution in [0.25, 0.3) is 10.9 Å². The van der Waals surface area contributed by atoms with Crippen molar-refractivity contribution in [3.63, 3.8) is 0 Å². The van der Waals surface area contributed by atoms with Crippen molar-refractivity contribution < 1.29 is 9.47 Å². The van der Waals surface area contributed by atoms with E-state index in [-0.39, 0.29) is 22.9 Å². The van der Waals surface area contributed by atoms with Crippen LogP contribution in [0.4, 0.5) is 0 Å². The van der Waals surface area contributed by atoms with Crippen LogP contribution in [-0.2, 0) is 0 Å². The number of hydrogen-bond donors (Lipinski definition) is 0. The smallest absolute Gasteiger partial charge is 0.282 e. The lowest BCUT2D eigenvalue weighted by atomic mass is 10.2. The molecule has 1 heterocycles. The molecule has 0 unspecified atom stereocenters. The Morgan fingerprint density at radius 2 is 2.14 bits per heavy atom. The molecular weight excluding hydrogens is 527 g/mol. The average Bonchev–Trinajstić information content (AvgIpc) is 2.70. The van der Waals surface area contributed by atoms with Crippen molar-refractivity contribution in [1.82, 2.24) is 9.66 Å². The SMILES string of the molecule is COc1cc(C=Nn2c(C)nc3ccc(Br)cc3c2=O)c(Br)c(Cl)c1OCC#N. The number of aromatic nitrogens is 2. The Kier molecular flexibility index (Phi) is 6.57. The van der Waals surface area contributed by atoms with Crippen LogP contribution in [0.5, 0.6) is 11.5 Å². The molecule has 148 valence electrons. The molecule has 0 aliphatic carbocycles. The van der Waals surface area contributed by atoms with Crippen LogP contribution in [0.1, 0.15) is 11.4 Å². The van der Waals surface area contributed by atoms with Crippen LogP contribution in [0.3, 0.4) is 0 Å². The second-order valence-corrected chi connectivity index (χ2v) is 7.84. The highest BCUT2D eigenvalue weighted by molar-refractivity contribution is 9.10. The zero-order chi connectivity index (χ0) is 21.1. The summed E-state index contributed by atoms with van der Waals surface area (Å²) in [5, 5.41) is 13.7. The highest BCUT2D eigenvalue weighted by Crippen LogP contribution is 2.42. The third-order valence-corrected chi connectivity index (χ3v) is 5.88. The van der Waals surface area contributed by atoms with Gasteiger partial charge in [0.05, 0.1) is 24.2 Å². The second-order valence-electron chi connectivity index (χ2n) is 5.75. The summed E-state index contributed by atoms with van der Waals surface area (Å²) in [6, 6.07) is 8.81. The maximum Gasteiger partial charge on any atom is 0.282 e. The Morgan fingerprint density at radius 3 is 2.83 bits per heavy atom. The minimum Gasteiger partial charge on any atom is -0.493 e. The standard InChI is InChI=1S/C19H13Br2ClN4O3/c1-10-25-14-4-3-12(20)8-13(14)19(27)26(10)24-9-11-7-15(28-2)18(29-6-5-23)17(22)16(11)21/h3-4,7-9H,6H2,1-2H3. The van der Waals surface area contributed by atoms with Gasteiger partial charge in [0.1, 0.15) is 16.9 Å². The average molecular weight is 541 g/mol. The van der Waals surface area contributed by atoms with Gasteiger partial charge >= 0.3 is 0 Å². The lowest BCUT2D eigenvalue weighted by molar-refractivity contribution is 0.329. The predicted octanol–water partition coefficient (Wildman–Crippen LogP) is 4.68. The summed E-state index contributed by atoms with van der Waals surface area (Å²) in [5.41, 5.74) is 0.844. The Morgan fingerprint density at radius 1 is 1.38 bits per heavy atom. The molecule has 0 aliphatic heterocycles. The van der Waals surface area contributed by atoms with Crippen molar-refractivity contribution in [3.8, 4) is 17.6 Å². The number of nitriles is 1. The number of nitrogens with zero attached hydrogens (tertiary/aromatic N) is 4. The topological polar surface area (TPSA) is 89.5 Å². The van der Waals surface area contributed by atoms with Gasteiger partial charge in [-0.1, -0.05) is 27.5 Å². The van der Waals surface area contributed by atoms with Crippen LogP contribution < -0.4 is 15.0 Å². The van der Waals surface area contributed by atoms with E-state index in [4.69, 9.17) is 26.3 Å². The molecule has 3 aromatic rings. The molecule has 0 aliphatic rings. The van der Waals surface area contributed by atoms with Gasteiger partial charge in [0.25, 0.3) is 5.56 Å². The summed E-state index contributed by atoms with van der Waals surface area (Å²) < 4.78 is 13.1. The van der Waals surface area contributed by atoms with Crippen LogP contribution >= 0.6 is 43.5 Å². The lowest BCUT2D eigenvalue weighted by Crippen LogP contribution is -2.20. The quantitative estimate of drug-likeness (QED) is 0.439.